The van der Waals surface area contributed by atoms with Gasteiger partial charge in [0.05, 0.1) is 11.5 Å². The van der Waals surface area contributed by atoms with Gasteiger partial charge in [0.1, 0.15) is 45.1 Å². The van der Waals surface area contributed by atoms with Gasteiger partial charge in [0.25, 0.3) is 8.32 Å². The predicted molar refractivity (Wildman–Crippen MR) is 585 cm³/mol. The first-order valence-corrected chi connectivity index (χ1v) is 55.9. The van der Waals surface area contributed by atoms with Crippen LogP contribution >= 0.6 is 11.6 Å². The molecule has 0 aliphatic carbocycles. The van der Waals surface area contributed by atoms with E-state index in [2.05, 4.69) is 207 Å². The Morgan fingerprint density at radius 2 is 0.590 bits per heavy atom. The van der Waals surface area contributed by atoms with Gasteiger partial charge >= 0.3 is 337 Å². The number of rotatable bonds is 26. The van der Waals surface area contributed by atoms with Gasteiger partial charge in [-0.1, -0.05) is 255 Å². The molecule has 22 aromatic rings. The van der Waals surface area contributed by atoms with E-state index in [4.69, 9.17) is 62.2 Å². The molecule has 6 heterocycles. The van der Waals surface area contributed by atoms with Crippen LogP contribution in [0.25, 0.3) is 98.4 Å². The molecule has 0 saturated carbocycles. The maximum atomic E-state index is 8.76. The molecular weight excluding hydrogens is 2000 g/mol. The molecule has 0 bridgehead atoms. The number of nitrogens with zero attached hydrogens (tertiary/aromatic N) is 7. The Kier molecular flexibility index (Phi) is 35.8. The zero-order valence-corrected chi connectivity index (χ0v) is 90.8. The van der Waals surface area contributed by atoms with Crippen LogP contribution in [0.15, 0.2) is 449 Å². The second kappa shape index (κ2) is 51.0. The molecule has 0 N–H and O–H groups in total. The van der Waals surface area contributed by atoms with E-state index >= 15 is 0 Å². The summed E-state index contributed by atoms with van der Waals surface area (Å²) in [4.78, 5) is 27.2. The Balaban J connectivity index is 0.000000121. The number of benzene rings is 16. The number of aromatic nitrogens is 6. The minimum absolute atomic E-state index is 0.616. The van der Waals surface area contributed by atoms with Crippen LogP contribution in [0.3, 0.4) is 0 Å². The average Bonchev–Trinajstić information content (AvgIpc) is 0.753. The number of aryl methyl sites for hydroxylation is 5. The quantitative estimate of drug-likeness (QED) is 0.0365. The van der Waals surface area contributed by atoms with Crippen molar-refractivity contribution in [3.8, 4) is 85.8 Å². The van der Waals surface area contributed by atoms with E-state index in [-0.39, 0.29) is 0 Å². The number of nitriles is 1. The third-order valence-electron chi connectivity index (χ3n) is 22.9. The third kappa shape index (κ3) is 27.1. The molecule has 692 valence electrons. The Morgan fingerprint density at radius 3 is 1.01 bits per heavy atom. The summed E-state index contributed by atoms with van der Waals surface area (Å²) in [5, 5.41) is 21.8. The topological polar surface area (TPSA) is 203 Å². The summed E-state index contributed by atoms with van der Waals surface area (Å²) >= 11 is 2.42. The van der Waals surface area contributed by atoms with Crippen molar-refractivity contribution in [2.75, 3.05) is 0 Å². The fraction of sp³-hybridized carbons (Fsp3) is 0.0424. The van der Waals surface area contributed by atoms with Gasteiger partial charge in [-0.2, -0.15) is 0 Å². The summed E-state index contributed by atoms with van der Waals surface area (Å²) in [5.41, 5.74) is 15.6. The van der Waals surface area contributed by atoms with Crippen molar-refractivity contribution in [1.29, 1.82) is 5.26 Å². The number of hydrogen-bond acceptors (Lipinski definition) is 18. The normalized spacial score (nSPS) is 10.6. The van der Waals surface area contributed by atoms with Crippen LogP contribution in [-0.2, 0) is 3.48 Å². The summed E-state index contributed by atoms with van der Waals surface area (Å²) < 4.78 is 65.1. The first-order chi connectivity index (χ1) is 70.7. The van der Waals surface area contributed by atoms with Crippen molar-refractivity contribution in [2.24, 2.45) is 0 Å². The largest absolute Gasteiger partial charge is 0.649 e. The fourth-order valence-corrected chi connectivity index (χ4v) is 25.5. The minimum atomic E-state index is -2.76. The van der Waals surface area contributed by atoms with Crippen LogP contribution in [0.1, 0.15) is 34.0 Å². The Bertz CT molecular complexity index is 8010. The number of halogens is 1. The van der Waals surface area contributed by atoms with Crippen molar-refractivity contribution in [1.82, 2.24) is 29.9 Å². The molecule has 0 unspecified atom stereocenters. The van der Waals surface area contributed by atoms with Crippen molar-refractivity contribution >= 4 is 212 Å². The summed E-state index contributed by atoms with van der Waals surface area (Å²) in [7, 11) is -2.76. The number of pyridine rings is 6. The maximum absolute atomic E-state index is 8.76. The van der Waals surface area contributed by atoms with Crippen LogP contribution in [0.4, 0.5) is 0 Å². The molecule has 0 fully saturated rings. The molecule has 0 aliphatic heterocycles. The first kappa shape index (κ1) is 101. The minimum Gasteiger partial charge on any atom is -0.649 e. The van der Waals surface area contributed by atoms with E-state index in [1.54, 1.807) is 42.6 Å². The summed E-state index contributed by atoms with van der Waals surface area (Å²) in [6.07, 6.45) is 1.77. The van der Waals surface area contributed by atoms with Crippen LogP contribution in [0, 0.1) is 45.9 Å². The molecule has 0 aliphatic rings. The molecule has 18 nitrogen and oxygen atoms in total. The molecule has 22 rings (SSSR count). The van der Waals surface area contributed by atoms with Crippen LogP contribution < -0.4 is 52.4 Å². The Labute approximate surface area is 887 Å². The van der Waals surface area contributed by atoms with Gasteiger partial charge in [0.2, 0.25) is 0 Å². The molecule has 6 radical (unpaired) electrons. The van der Waals surface area contributed by atoms with Crippen LogP contribution in [0.2, 0.25) is 5.02 Å². The van der Waals surface area contributed by atoms with Crippen molar-refractivity contribution in [3.63, 3.8) is 0 Å². The second-order valence-electron chi connectivity index (χ2n) is 32.9. The summed E-state index contributed by atoms with van der Waals surface area (Å²) in [6.45, 7) is 9.89. The molecule has 26 heteroatoms. The van der Waals surface area contributed by atoms with Crippen LogP contribution in [-0.4, -0.2) is 139 Å². The summed E-state index contributed by atoms with van der Waals surface area (Å²) in [6, 6.07) is 149. The van der Waals surface area contributed by atoms with E-state index < -0.39 is 92.3 Å². The molecule has 6 aromatic heterocycles. The molecule has 0 atom stereocenters. The Hall–Kier alpha value is -14.4. The monoisotopic (exact) mass is 2090 g/mol. The maximum Gasteiger partial charge on any atom is 0.494 e. The van der Waals surface area contributed by atoms with E-state index in [0.29, 0.717) is 10.6 Å². The number of fused-ring (bicyclic) bond motifs is 7. The molecule has 0 spiro atoms. The SMILES string of the molecule is Cc1ccc2cccc([O][Al][O][Si](c3ccccc3)(c3ccccc3)c3ccccc3)c2n1.Cc1ccc2cccc([O][Al][O]c3ccc(-c4ccccc4)cc3)c2n1.Cc1ccc2cccc([O][Al][O]c3ccc4cc(-c5ccccc5)ccc4c3)c2n1.Cc1ccc2cccc([O][Ga][O]c3ccc(C#N)cc3)c2n1.Cc1ccc2cccc([O][Ga][O]c3ccc(Cl)cc3)c2n1.[AlH][O]c1cccc2cccnc12. The van der Waals surface area contributed by atoms with E-state index in [9.17, 15) is 0 Å². The summed E-state index contributed by atoms with van der Waals surface area (Å²) in [5.74, 6) is 7.81. The van der Waals surface area contributed by atoms with Crippen molar-refractivity contribution in [3.05, 3.63) is 488 Å². The molecular formula is C118H90Al4ClGa2N7O11Si. The zero-order valence-electron chi connectivity index (χ0n) is 79.3. The molecule has 144 heavy (non-hydrogen) atoms. The van der Waals surface area contributed by atoms with Gasteiger partial charge < -0.3 is 26.2 Å². The van der Waals surface area contributed by atoms with Gasteiger partial charge in [0, 0.05) is 44.8 Å². The standard InChI is InChI=1S/C18H15OSi.C16H12O.C12H10O.5C10H9NO.C9H7NO.C7H5NO.C6H5ClO.4Al.2Ga.H/c19-20(16-10-4-1-5-11-16,17-12-6-2-7-13-17)18-14-8-3-9-15-18;17-16-9-8-14-10-13(6-7-15(14)11-16)12-4-2-1-3-5-12;13-12-8-6-11(7-9-12)10-4-2-1-3-5-10;5*1-7-5-6-8-3-2-4-9(12)10(8)11-7;11-8-5-1-3-7-4-2-6-10-9(7)8;8-5-6-1-3-7(9)4-2-6;7-5-1-3-6(8)4-2-5;;;;;;;/h1-15H;1-11,17H;1-9,13H;5*2-6,12H,1H3;1-6,11H;1-4,9H;1-4,8H;;;;;;;/q-1;;;;;;;;;;;+1;5*+2;/p-10. The number of hydrogen-bond donors (Lipinski definition) is 0. The van der Waals surface area contributed by atoms with E-state index in [1.165, 1.54) is 59.8 Å². The van der Waals surface area contributed by atoms with Crippen molar-refractivity contribution in [2.45, 2.75) is 34.6 Å². The van der Waals surface area contributed by atoms with Crippen molar-refractivity contribution < 1.29 is 40.3 Å². The molecule has 0 saturated heterocycles. The average molecular weight is 2090 g/mol. The predicted octanol–water partition coefficient (Wildman–Crippen LogP) is 24.7. The second-order valence-corrected chi connectivity index (χ2v) is 42.2. The fourth-order valence-electron chi connectivity index (χ4n) is 15.7. The smallest absolute Gasteiger partial charge is 0.494 e. The zero-order chi connectivity index (χ0) is 99.0. The van der Waals surface area contributed by atoms with Gasteiger partial charge in [0.15, 0.2) is 0 Å². The molecule has 16 aromatic carbocycles. The van der Waals surface area contributed by atoms with E-state index in [1.807, 2.05) is 265 Å². The third-order valence-corrected chi connectivity index (χ3v) is 33.5. The van der Waals surface area contributed by atoms with Gasteiger partial charge in [-0.3, -0.25) is 4.98 Å². The van der Waals surface area contributed by atoms with Gasteiger partial charge in [-0.15, -0.1) is 0 Å². The first-order valence-electron chi connectivity index (χ1n) is 46.2. The van der Waals surface area contributed by atoms with Crippen LogP contribution in [0.5, 0.6) is 57.5 Å². The van der Waals surface area contributed by atoms with E-state index in [0.717, 1.165) is 157 Å². The Morgan fingerprint density at radius 1 is 0.271 bits per heavy atom. The van der Waals surface area contributed by atoms with Gasteiger partial charge in [-0.05, 0) is 148 Å². The number of para-hydroxylation sites is 6. The molecule has 0 amide bonds. The van der Waals surface area contributed by atoms with Gasteiger partial charge in [-0.25, -0.2) is 15.0 Å².